The van der Waals surface area contributed by atoms with Gasteiger partial charge in [0.15, 0.2) is 5.58 Å². The molecule has 0 aliphatic heterocycles. The van der Waals surface area contributed by atoms with Gasteiger partial charge in [0.2, 0.25) is 5.89 Å². The smallest absolute Gasteiger partial charge is 0.227 e. The molecular formula is C41H35N3O. The first-order valence-corrected chi connectivity index (χ1v) is 15.3. The fourth-order valence-corrected chi connectivity index (χ4v) is 5.66. The number of benzene rings is 6. The zero-order valence-electron chi connectivity index (χ0n) is 25.8. The number of nitrogens with zero attached hydrogens (tertiary/aromatic N) is 3. The van der Waals surface area contributed by atoms with Crippen LogP contribution in [0.4, 0.5) is 34.1 Å². The summed E-state index contributed by atoms with van der Waals surface area (Å²) >= 11 is 0. The van der Waals surface area contributed by atoms with Crippen molar-refractivity contribution in [3.63, 3.8) is 0 Å². The number of fused-ring (bicyclic) bond motifs is 1. The van der Waals surface area contributed by atoms with Gasteiger partial charge in [-0.3, -0.25) is 0 Å². The van der Waals surface area contributed by atoms with E-state index in [2.05, 4.69) is 163 Å². The van der Waals surface area contributed by atoms with Crippen molar-refractivity contribution in [2.24, 2.45) is 0 Å². The van der Waals surface area contributed by atoms with E-state index in [-0.39, 0.29) is 5.41 Å². The molecule has 1 aromatic heterocycles. The largest absolute Gasteiger partial charge is 0.436 e. The maximum atomic E-state index is 6.03. The number of oxazole rings is 1. The van der Waals surface area contributed by atoms with Crippen LogP contribution in [0.3, 0.4) is 0 Å². The van der Waals surface area contributed by atoms with Gasteiger partial charge in [0.1, 0.15) is 5.52 Å². The van der Waals surface area contributed by atoms with Crippen molar-refractivity contribution in [1.82, 2.24) is 4.98 Å². The lowest BCUT2D eigenvalue weighted by atomic mass is 9.87. The Morgan fingerprint density at radius 2 is 0.844 bits per heavy atom. The second-order valence-corrected chi connectivity index (χ2v) is 12.2. The quantitative estimate of drug-likeness (QED) is 0.186. The second-order valence-electron chi connectivity index (χ2n) is 12.2. The summed E-state index contributed by atoms with van der Waals surface area (Å²) in [5.41, 5.74) is 10.5. The molecule has 1 heterocycles. The van der Waals surface area contributed by atoms with E-state index in [1.807, 2.05) is 30.3 Å². The van der Waals surface area contributed by atoms with Crippen LogP contribution < -0.4 is 9.80 Å². The zero-order chi connectivity index (χ0) is 30.8. The molecule has 0 aliphatic carbocycles. The molecule has 0 saturated carbocycles. The van der Waals surface area contributed by atoms with Crippen molar-refractivity contribution in [2.45, 2.75) is 26.2 Å². The average Bonchev–Trinajstić information content (AvgIpc) is 3.52. The number of hydrogen-bond acceptors (Lipinski definition) is 4. The molecule has 0 fully saturated rings. The summed E-state index contributed by atoms with van der Waals surface area (Å²) in [5, 5.41) is 0. The van der Waals surface area contributed by atoms with Gasteiger partial charge in [0, 0.05) is 39.7 Å². The number of hydrogen-bond donors (Lipinski definition) is 0. The first-order chi connectivity index (χ1) is 21.9. The van der Waals surface area contributed by atoms with Gasteiger partial charge in [-0.1, -0.05) is 81.4 Å². The van der Waals surface area contributed by atoms with Gasteiger partial charge in [-0.2, -0.15) is 0 Å². The van der Waals surface area contributed by atoms with Crippen LogP contribution in [-0.4, -0.2) is 4.98 Å². The average molecular weight is 586 g/mol. The molecule has 0 unspecified atom stereocenters. The predicted molar refractivity (Wildman–Crippen MR) is 188 cm³/mol. The fourth-order valence-electron chi connectivity index (χ4n) is 5.66. The molecule has 45 heavy (non-hydrogen) atoms. The molecule has 0 N–H and O–H groups in total. The maximum Gasteiger partial charge on any atom is 0.227 e. The van der Waals surface area contributed by atoms with Crippen molar-refractivity contribution in [3.05, 3.63) is 163 Å². The van der Waals surface area contributed by atoms with Crippen molar-refractivity contribution < 1.29 is 4.42 Å². The van der Waals surface area contributed by atoms with Crippen molar-refractivity contribution in [1.29, 1.82) is 0 Å². The maximum absolute atomic E-state index is 6.03. The van der Waals surface area contributed by atoms with E-state index >= 15 is 0 Å². The molecule has 0 amide bonds. The summed E-state index contributed by atoms with van der Waals surface area (Å²) in [4.78, 5) is 9.25. The fraction of sp³-hybridized carbons (Fsp3) is 0.0976. The monoisotopic (exact) mass is 585 g/mol. The van der Waals surface area contributed by atoms with Gasteiger partial charge in [0.25, 0.3) is 0 Å². The summed E-state index contributed by atoms with van der Waals surface area (Å²) in [7, 11) is 0. The Morgan fingerprint density at radius 1 is 0.444 bits per heavy atom. The highest BCUT2D eigenvalue weighted by molar-refractivity contribution is 5.82. The topological polar surface area (TPSA) is 32.5 Å². The van der Waals surface area contributed by atoms with Crippen LogP contribution in [0, 0.1) is 0 Å². The zero-order valence-corrected chi connectivity index (χ0v) is 25.8. The van der Waals surface area contributed by atoms with Crippen molar-refractivity contribution in [2.75, 3.05) is 9.80 Å². The van der Waals surface area contributed by atoms with Crippen LogP contribution in [0.5, 0.6) is 0 Å². The lowest BCUT2D eigenvalue weighted by Gasteiger charge is -2.29. The van der Waals surface area contributed by atoms with E-state index in [0.717, 1.165) is 50.8 Å². The van der Waals surface area contributed by atoms with Gasteiger partial charge in [-0.15, -0.1) is 0 Å². The standard InChI is InChI=1S/C41H35N3O/c1-41(2,3)31-20-24-35(25-21-31)44(33-14-8-5-9-15-33)37-28-26-36(27-29-37)43(32-12-6-4-7-13-32)34-22-18-30(19-23-34)40-42-38-16-10-11-17-39(38)45-40/h4-29H,1-3H3. The van der Waals surface area contributed by atoms with E-state index in [4.69, 9.17) is 4.42 Å². The summed E-state index contributed by atoms with van der Waals surface area (Å²) < 4.78 is 6.03. The molecule has 7 rings (SSSR count). The predicted octanol–water partition coefficient (Wildman–Crippen LogP) is 11.7. The van der Waals surface area contributed by atoms with Gasteiger partial charge in [0.05, 0.1) is 0 Å². The van der Waals surface area contributed by atoms with Gasteiger partial charge < -0.3 is 14.2 Å². The Labute approximate surface area is 264 Å². The van der Waals surface area contributed by atoms with Crippen molar-refractivity contribution >= 4 is 45.2 Å². The normalized spacial score (nSPS) is 11.4. The number of para-hydroxylation sites is 4. The van der Waals surface area contributed by atoms with Gasteiger partial charge in [-0.05, 0) is 108 Å². The molecular weight excluding hydrogens is 550 g/mol. The molecule has 0 aliphatic rings. The van der Waals surface area contributed by atoms with Crippen LogP contribution in [0.25, 0.3) is 22.6 Å². The van der Waals surface area contributed by atoms with E-state index in [0.29, 0.717) is 5.89 Å². The minimum Gasteiger partial charge on any atom is -0.436 e. The third kappa shape index (κ3) is 5.83. The molecule has 0 radical (unpaired) electrons. The molecule has 7 aromatic rings. The Morgan fingerprint density at radius 3 is 1.31 bits per heavy atom. The third-order valence-corrected chi connectivity index (χ3v) is 8.05. The summed E-state index contributed by atoms with van der Waals surface area (Å²) in [6.45, 7) is 6.74. The Hall–Kier alpha value is -5.61. The molecule has 0 atom stereocenters. The molecule has 6 aromatic carbocycles. The summed E-state index contributed by atoms with van der Waals surface area (Å²) in [5.74, 6) is 0.620. The third-order valence-electron chi connectivity index (χ3n) is 8.05. The van der Waals surface area contributed by atoms with Gasteiger partial charge >= 0.3 is 0 Å². The summed E-state index contributed by atoms with van der Waals surface area (Å²) in [6, 6.07) is 54.9. The first-order valence-electron chi connectivity index (χ1n) is 15.3. The molecule has 0 saturated heterocycles. The Bertz CT molecular complexity index is 1970. The molecule has 4 nitrogen and oxygen atoms in total. The van der Waals surface area contributed by atoms with E-state index in [1.54, 1.807) is 0 Å². The van der Waals surface area contributed by atoms with E-state index in [1.165, 1.54) is 5.56 Å². The lowest BCUT2D eigenvalue weighted by molar-refractivity contribution is 0.590. The minimum absolute atomic E-state index is 0.0967. The summed E-state index contributed by atoms with van der Waals surface area (Å²) in [6.07, 6.45) is 0. The lowest BCUT2D eigenvalue weighted by Crippen LogP contribution is -2.13. The highest BCUT2D eigenvalue weighted by atomic mass is 16.3. The number of rotatable bonds is 7. The highest BCUT2D eigenvalue weighted by Crippen LogP contribution is 2.40. The molecule has 4 heteroatoms. The SMILES string of the molecule is CC(C)(C)c1ccc(N(c2ccccc2)c2ccc(N(c3ccccc3)c3ccc(-c4nc5ccccc5o4)cc3)cc2)cc1. The molecule has 0 bridgehead atoms. The van der Waals surface area contributed by atoms with Crippen LogP contribution >= 0.6 is 0 Å². The minimum atomic E-state index is 0.0967. The first kappa shape index (κ1) is 28.2. The van der Waals surface area contributed by atoms with Crippen LogP contribution in [-0.2, 0) is 5.41 Å². The van der Waals surface area contributed by atoms with Crippen LogP contribution in [0.15, 0.2) is 162 Å². The molecule has 220 valence electrons. The van der Waals surface area contributed by atoms with Crippen LogP contribution in [0.1, 0.15) is 26.3 Å². The second kappa shape index (κ2) is 11.8. The highest BCUT2D eigenvalue weighted by Gasteiger charge is 2.18. The molecule has 0 spiro atoms. The van der Waals surface area contributed by atoms with E-state index in [9.17, 15) is 0 Å². The van der Waals surface area contributed by atoms with Crippen molar-refractivity contribution in [3.8, 4) is 11.5 Å². The Kier molecular flexibility index (Phi) is 7.40. The van der Waals surface area contributed by atoms with Crippen LogP contribution in [0.2, 0.25) is 0 Å². The Balaban J connectivity index is 1.24. The van der Waals surface area contributed by atoms with Gasteiger partial charge in [-0.25, -0.2) is 4.98 Å². The van der Waals surface area contributed by atoms with E-state index < -0.39 is 0 Å². The number of aromatic nitrogens is 1. The number of anilines is 6.